The van der Waals surface area contributed by atoms with Gasteiger partial charge in [-0.05, 0) is 40.3 Å². The van der Waals surface area contributed by atoms with Crippen molar-refractivity contribution in [3.05, 3.63) is 17.5 Å². The predicted octanol–water partition coefficient (Wildman–Crippen LogP) is 2.12. The molecule has 0 saturated heterocycles. The Morgan fingerprint density at radius 3 is 2.45 bits per heavy atom. The van der Waals surface area contributed by atoms with Crippen LogP contribution in [0.3, 0.4) is 0 Å². The van der Waals surface area contributed by atoms with E-state index in [0.717, 1.165) is 16.5 Å². The molecule has 0 amide bonds. The second kappa shape index (κ2) is 7.04. The average molecular weight is 297 g/mol. The van der Waals surface area contributed by atoms with Gasteiger partial charge in [-0.15, -0.1) is 0 Å². The number of methoxy groups -OCH3 is 1. The van der Waals surface area contributed by atoms with Gasteiger partial charge in [0.1, 0.15) is 5.54 Å². The van der Waals surface area contributed by atoms with Crippen molar-refractivity contribution in [2.45, 2.75) is 50.1 Å². The molecule has 2 atom stereocenters. The number of ether oxygens (including phenoxy) is 1. The summed E-state index contributed by atoms with van der Waals surface area (Å²) >= 11 is 1.57. The highest BCUT2D eigenvalue weighted by Crippen LogP contribution is 2.27. The van der Waals surface area contributed by atoms with E-state index in [4.69, 9.17) is 4.74 Å². The Labute approximate surface area is 124 Å². The van der Waals surface area contributed by atoms with Crippen LogP contribution < -0.4 is 5.32 Å². The lowest BCUT2D eigenvalue weighted by atomic mass is 9.96. The number of carbonyl (C=O) groups is 1. The molecule has 0 spiro atoms. The summed E-state index contributed by atoms with van der Waals surface area (Å²) in [5.41, 5.74) is 1.22. The van der Waals surface area contributed by atoms with Crippen molar-refractivity contribution in [2.75, 3.05) is 14.2 Å². The molecule has 0 aliphatic heterocycles. The van der Waals surface area contributed by atoms with Gasteiger partial charge in [-0.2, -0.15) is 0 Å². The summed E-state index contributed by atoms with van der Waals surface area (Å²) in [7, 11) is 3.17. The summed E-state index contributed by atoms with van der Waals surface area (Å²) in [5.74, 6) is -0.256. The molecule has 20 heavy (non-hydrogen) atoms. The third kappa shape index (κ3) is 4.45. The zero-order valence-corrected chi connectivity index (χ0v) is 13.8. The molecule has 1 aromatic heterocycles. The highest BCUT2D eigenvalue weighted by atomic mass is 32.2. The largest absolute Gasteiger partial charge is 0.468 e. The number of carbonyl (C=O) groups excluding carboxylic acids is 1. The Bertz CT molecular complexity index is 461. The number of aromatic nitrogens is 2. The molecule has 1 aromatic rings. The topological polar surface area (TPSA) is 64.1 Å². The Balaban J connectivity index is 2.75. The molecule has 5 nitrogen and oxygen atoms in total. The number of aryl methyl sites for hydroxylation is 2. The van der Waals surface area contributed by atoms with Gasteiger partial charge >= 0.3 is 5.97 Å². The van der Waals surface area contributed by atoms with E-state index in [9.17, 15) is 4.79 Å². The number of hydrogen-bond donors (Lipinski definition) is 1. The molecule has 112 valence electrons. The molecule has 0 saturated carbocycles. The van der Waals surface area contributed by atoms with Crippen molar-refractivity contribution in [2.24, 2.45) is 0 Å². The smallest absolute Gasteiger partial charge is 0.325 e. The van der Waals surface area contributed by atoms with E-state index in [0.29, 0.717) is 6.42 Å². The van der Waals surface area contributed by atoms with E-state index in [1.807, 2.05) is 26.8 Å². The minimum atomic E-state index is -0.694. The van der Waals surface area contributed by atoms with Gasteiger partial charge in [0.05, 0.1) is 7.11 Å². The van der Waals surface area contributed by atoms with E-state index < -0.39 is 5.54 Å². The Kier molecular flexibility index (Phi) is 5.95. The summed E-state index contributed by atoms with van der Waals surface area (Å²) in [6, 6.07) is 1.95. The summed E-state index contributed by atoms with van der Waals surface area (Å²) in [6.07, 6.45) is 0.636. The quantitative estimate of drug-likeness (QED) is 0.493. The molecule has 2 unspecified atom stereocenters. The van der Waals surface area contributed by atoms with Crippen molar-refractivity contribution < 1.29 is 9.53 Å². The van der Waals surface area contributed by atoms with Gasteiger partial charge in [0.15, 0.2) is 5.16 Å². The van der Waals surface area contributed by atoms with Crippen molar-refractivity contribution in [1.29, 1.82) is 0 Å². The first-order chi connectivity index (χ1) is 9.30. The number of nitrogens with zero attached hydrogens (tertiary/aromatic N) is 2. The van der Waals surface area contributed by atoms with Crippen molar-refractivity contribution >= 4 is 17.7 Å². The first-order valence-electron chi connectivity index (χ1n) is 6.57. The third-order valence-electron chi connectivity index (χ3n) is 3.15. The first kappa shape index (κ1) is 16.9. The van der Waals surface area contributed by atoms with Gasteiger partial charge in [-0.1, -0.05) is 18.7 Å². The van der Waals surface area contributed by atoms with Gasteiger partial charge in [-0.3, -0.25) is 4.79 Å². The van der Waals surface area contributed by atoms with Crippen LogP contribution in [0, 0.1) is 13.8 Å². The average Bonchev–Trinajstić information content (AvgIpc) is 2.35. The summed E-state index contributed by atoms with van der Waals surface area (Å²) < 4.78 is 4.85. The second-order valence-electron chi connectivity index (χ2n) is 5.14. The van der Waals surface area contributed by atoms with Crippen molar-refractivity contribution in [3.63, 3.8) is 0 Å². The monoisotopic (exact) mass is 297 g/mol. The van der Waals surface area contributed by atoms with Crippen LogP contribution in [-0.4, -0.2) is 40.9 Å². The minimum absolute atomic E-state index is 0.188. The van der Waals surface area contributed by atoms with Gasteiger partial charge in [0.2, 0.25) is 0 Å². The molecule has 0 aliphatic rings. The van der Waals surface area contributed by atoms with Gasteiger partial charge < -0.3 is 10.1 Å². The Hall–Kier alpha value is -1.14. The molecule has 0 aromatic carbocycles. The van der Waals surface area contributed by atoms with Crippen LogP contribution in [0.4, 0.5) is 0 Å². The van der Waals surface area contributed by atoms with E-state index in [1.54, 1.807) is 18.8 Å². The van der Waals surface area contributed by atoms with E-state index in [2.05, 4.69) is 22.2 Å². The lowest BCUT2D eigenvalue weighted by Gasteiger charge is -2.28. The zero-order valence-electron chi connectivity index (χ0n) is 13.0. The number of esters is 1. The molecular weight excluding hydrogens is 274 g/mol. The number of hydrogen-bond acceptors (Lipinski definition) is 6. The molecule has 1 N–H and O–H groups in total. The van der Waals surface area contributed by atoms with Crippen LogP contribution in [0.2, 0.25) is 0 Å². The fourth-order valence-corrected chi connectivity index (χ4v) is 3.23. The fourth-order valence-electron chi connectivity index (χ4n) is 2.06. The van der Waals surface area contributed by atoms with Crippen LogP contribution in [0.15, 0.2) is 11.2 Å². The molecule has 0 fully saturated rings. The highest BCUT2D eigenvalue weighted by molar-refractivity contribution is 7.99. The summed E-state index contributed by atoms with van der Waals surface area (Å²) in [5, 5.41) is 3.98. The number of likely N-dealkylation sites (N-methyl/N-ethyl adjacent to an activating group) is 1. The molecule has 0 aliphatic carbocycles. The molecule has 0 radical (unpaired) electrons. The summed E-state index contributed by atoms with van der Waals surface area (Å²) in [6.45, 7) is 7.81. The van der Waals surface area contributed by atoms with Crippen LogP contribution in [0.1, 0.15) is 31.7 Å². The van der Waals surface area contributed by atoms with Gasteiger partial charge in [0, 0.05) is 16.6 Å². The van der Waals surface area contributed by atoms with Crippen LogP contribution >= 0.6 is 11.8 Å². The Morgan fingerprint density at radius 2 is 2.00 bits per heavy atom. The predicted molar refractivity (Wildman–Crippen MR) is 80.9 cm³/mol. The second-order valence-corrected chi connectivity index (χ2v) is 6.55. The van der Waals surface area contributed by atoms with Crippen LogP contribution in [0.25, 0.3) is 0 Å². The van der Waals surface area contributed by atoms with Crippen LogP contribution in [-0.2, 0) is 9.53 Å². The maximum absolute atomic E-state index is 11.8. The molecule has 1 heterocycles. The van der Waals surface area contributed by atoms with Crippen LogP contribution in [0.5, 0.6) is 0 Å². The van der Waals surface area contributed by atoms with Crippen molar-refractivity contribution in [3.8, 4) is 0 Å². The summed E-state index contributed by atoms with van der Waals surface area (Å²) in [4.78, 5) is 20.7. The number of thioether (sulfide) groups is 1. The minimum Gasteiger partial charge on any atom is -0.468 e. The van der Waals surface area contributed by atoms with Gasteiger partial charge in [0.25, 0.3) is 0 Å². The molecule has 1 rings (SSSR count). The normalized spacial score (nSPS) is 15.5. The van der Waals surface area contributed by atoms with Crippen molar-refractivity contribution in [1.82, 2.24) is 15.3 Å². The Morgan fingerprint density at radius 1 is 1.45 bits per heavy atom. The fraction of sp³-hybridized carbons (Fsp3) is 0.643. The van der Waals surface area contributed by atoms with E-state index in [1.165, 1.54) is 7.11 Å². The molecular formula is C14H23N3O2S. The number of rotatable bonds is 6. The van der Waals surface area contributed by atoms with E-state index in [-0.39, 0.29) is 11.2 Å². The lowest BCUT2D eigenvalue weighted by Crippen LogP contribution is -2.49. The lowest BCUT2D eigenvalue weighted by molar-refractivity contribution is -0.147. The number of nitrogens with one attached hydrogen (secondary N) is 1. The zero-order chi connectivity index (χ0) is 15.3. The van der Waals surface area contributed by atoms with E-state index >= 15 is 0 Å². The third-order valence-corrected chi connectivity index (χ3v) is 4.11. The highest BCUT2D eigenvalue weighted by Gasteiger charge is 2.34. The first-order valence-corrected chi connectivity index (χ1v) is 7.45. The standard InChI is InChI=1S/C14H23N3O2S/c1-9-7-10(2)17-13(16-9)20-11(3)8-14(4,15-5)12(18)19-6/h7,11,15H,8H2,1-6H3. The maximum Gasteiger partial charge on any atom is 0.325 e. The molecule has 6 heteroatoms. The SMILES string of the molecule is CNC(C)(CC(C)Sc1nc(C)cc(C)n1)C(=O)OC. The molecule has 0 bridgehead atoms. The van der Waals surface area contributed by atoms with Gasteiger partial charge in [-0.25, -0.2) is 9.97 Å². The maximum atomic E-state index is 11.8.